The van der Waals surface area contributed by atoms with Crippen LogP contribution in [0, 0.1) is 12.8 Å². The number of hydrogen-bond donors (Lipinski definition) is 2. The topological polar surface area (TPSA) is 131 Å². The largest absolute Gasteiger partial charge is 0.478 e. The Kier molecular flexibility index (Phi) is 9.49. The number of aryl methyl sites for hydroxylation is 1. The van der Waals surface area contributed by atoms with E-state index >= 15 is 0 Å². The van der Waals surface area contributed by atoms with Crippen molar-refractivity contribution in [3.8, 4) is 5.88 Å². The van der Waals surface area contributed by atoms with Gasteiger partial charge in [0.25, 0.3) is 5.91 Å². The second-order valence-corrected chi connectivity index (χ2v) is 11.6. The Morgan fingerprint density at radius 3 is 2.55 bits per heavy atom. The Labute approximate surface area is 245 Å². The Hall–Kier alpha value is -4.01. The van der Waals surface area contributed by atoms with Gasteiger partial charge in [-0.2, -0.15) is 17.5 Å². The van der Waals surface area contributed by atoms with Crippen molar-refractivity contribution in [2.75, 3.05) is 30.3 Å². The lowest BCUT2D eigenvalue weighted by Gasteiger charge is -2.34. The maximum absolute atomic E-state index is 13.0. The number of carbonyl (C=O) groups is 2. The predicted octanol–water partition coefficient (Wildman–Crippen LogP) is 6.07. The molecule has 11 nitrogen and oxygen atoms in total. The Morgan fingerprint density at radius 1 is 1.12 bits per heavy atom. The molecule has 1 saturated heterocycles. The first-order valence-electron chi connectivity index (χ1n) is 13.3. The molecule has 1 fully saturated rings. The molecule has 0 aromatic carbocycles. The molecule has 0 spiro atoms. The molecule has 3 aromatic heterocycles. The number of rotatable bonds is 8. The summed E-state index contributed by atoms with van der Waals surface area (Å²) in [5.41, 5.74) is -0.590. The van der Waals surface area contributed by atoms with E-state index in [0.717, 1.165) is 37.0 Å². The van der Waals surface area contributed by atoms with Gasteiger partial charge in [0.2, 0.25) is 5.88 Å². The zero-order valence-corrected chi connectivity index (χ0v) is 24.4. The van der Waals surface area contributed by atoms with Gasteiger partial charge in [-0.1, -0.05) is 0 Å². The van der Waals surface area contributed by atoms with Gasteiger partial charge in [0.1, 0.15) is 16.4 Å². The molecule has 15 heteroatoms. The molecule has 2 N–H and O–H groups in total. The fraction of sp³-hybridized carbons (Fsp3) is 0.481. The van der Waals surface area contributed by atoms with Crippen LogP contribution in [0.15, 0.2) is 30.7 Å². The molecule has 1 unspecified atom stereocenters. The van der Waals surface area contributed by atoms with Gasteiger partial charge in [0.15, 0.2) is 5.69 Å². The molecule has 42 heavy (non-hydrogen) atoms. The van der Waals surface area contributed by atoms with E-state index < -0.39 is 23.4 Å². The van der Waals surface area contributed by atoms with Crippen LogP contribution in [0.4, 0.5) is 34.5 Å². The number of nitrogens with one attached hydrogen (secondary N) is 2. The number of nitrogens with zero attached hydrogens (tertiary/aromatic N) is 5. The van der Waals surface area contributed by atoms with Crippen molar-refractivity contribution in [3.05, 3.63) is 47.7 Å². The highest BCUT2D eigenvalue weighted by Crippen LogP contribution is 2.30. The van der Waals surface area contributed by atoms with Gasteiger partial charge in [-0.05, 0) is 70.5 Å². The number of aromatic nitrogens is 4. The molecule has 226 valence electrons. The molecule has 4 rings (SSSR count). The standard InChI is InChI=1S/C27H32F3N7O4S/c1-16-22(24(42-36-16)35-20-14-31-19(13-32-20)27(28,29)30)23(38)34-18-7-8-21(33-12-18)40-11-9-17-6-5-10-37(15-17)25(39)41-26(2,3)4/h7-8,12-14,17H,5-6,9-11,15H2,1-4H3,(H,32,35)(H,34,38). The van der Waals surface area contributed by atoms with Gasteiger partial charge in [-0.25, -0.2) is 19.7 Å². The van der Waals surface area contributed by atoms with Crippen LogP contribution in [0.3, 0.4) is 0 Å². The van der Waals surface area contributed by atoms with E-state index in [1.807, 2.05) is 20.8 Å². The van der Waals surface area contributed by atoms with Crippen molar-refractivity contribution < 1.29 is 32.2 Å². The third-order valence-electron chi connectivity index (χ3n) is 6.21. The van der Waals surface area contributed by atoms with Gasteiger partial charge in [-0.15, -0.1) is 0 Å². The lowest BCUT2D eigenvalue weighted by atomic mass is 9.95. The maximum Gasteiger partial charge on any atom is 0.434 e. The van der Waals surface area contributed by atoms with Gasteiger partial charge >= 0.3 is 12.3 Å². The van der Waals surface area contributed by atoms with E-state index in [1.165, 1.54) is 6.20 Å². The summed E-state index contributed by atoms with van der Waals surface area (Å²) in [4.78, 5) is 38.5. The third-order valence-corrected chi connectivity index (χ3v) is 7.07. The minimum Gasteiger partial charge on any atom is -0.478 e. The molecule has 0 saturated carbocycles. The SMILES string of the molecule is Cc1nsc(Nc2cnc(C(F)(F)F)cn2)c1C(=O)Nc1ccc(OCCC2CCCN(C(=O)OC(C)(C)C)C2)nc1. The summed E-state index contributed by atoms with van der Waals surface area (Å²) >= 11 is 0.970. The van der Waals surface area contributed by atoms with Gasteiger partial charge < -0.3 is 25.0 Å². The fourth-order valence-electron chi connectivity index (χ4n) is 4.23. The second kappa shape index (κ2) is 12.9. The Bertz CT molecular complexity index is 1380. The quantitative estimate of drug-likeness (QED) is 0.313. The van der Waals surface area contributed by atoms with Crippen molar-refractivity contribution in [1.29, 1.82) is 0 Å². The van der Waals surface area contributed by atoms with E-state index in [1.54, 1.807) is 24.0 Å². The van der Waals surface area contributed by atoms with Crippen molar-refractivity contribution in [1.82, 2.24) is 24.2 Å². The Morgan fingerprint density at radius 2 is 1.90 bits per heavy atom. The summed E-state index contributed by atoms with van der Waals surface area (Å²) < 4.78 is 53.7. The van der Waals surface area contributed by atoms with Crippen molar-refractivity contribution >= 4 is 40.0 Å². The summed E-state index contributed by atoms with van der Waals surface area (Å²) in [5.74, 6) is 0.244. The van der Waals surface area contributed by atoms with Crippen LogP contribution in [-0.4, -0.2) is 61.5 Å². The fourth-order valence-corrected chi connectivity index (χ4v) is 5.04. The number of alkyl halides is 3. The highest BCUT2D eigenvalue weighted by Gasteiger charge is 2.33. The number of pyridine rings is 1. The number of ether oxygens (including phenoxy) is 2. The molecule has 2 amide bonds. The van der Waals surface area contributed by atoms with E-state index in [4.69, 9.17) is 9.47 Å². The minimum absolute atomic E-state index is 0.0367. The summed E-state index contributed by atoms with van der Waals surface area (Å²) in [6.07, 6.45) is 0.770. The number of anilines is 3. The average Bonchev–Trinajstić information content (AvgIpc) is 3.28. The van der Waals surface area contributed by atoms with Crippen LogP contribution in [0.5, 0.6) is 5.88 Å². The van der Waals surface area contributed by atoms with Gasteiger partial charge in [0.05, 0.1) is 42.1 Å². The molecule has 0 bridgehead atoms. The van der Waals surface area contributed by atoms with Crippen LogP contribution in [0.25, 0.3) is 0 Å². The first-order valence-corrected chi connectivity index (χ1v) is 14.1. The Balaban J connectivity index is 1.28. The van der Waals surface area contributed by atoms with Crippen LogP contribution in [0.1, 0.15) is 61.8 Å². The number of piperidine rings is 1. The van der Waals surface area contributed by atoms with Crippen LogP contribution < -0.4 is 15.4 Å². The first-order chi connectivity index (χ1) is 19.8. The summed E-state index contributed by atoms with van der Waals surface area (Å²) in [6.45, 7) is 8.92. The van der Waals surface area contributed by atoms with E-state index in [9.17, 15) is 22.8 Å². The molecule has 0 aliphatic carbocycles. The highest BCUT2D eigenvalue weighted by molar-refractivity contribution is 7.10. The van der Waals surface area contributed by atoms with E-state index in [2.05, 4.69) is 30.0 Å². The summed E-state index contributed by atoms with van der Waals surface area (Å²) in [7, 11) is 0. The zero-order valence-electron chi connectivity index (χ0n) is 23.6. The predicted molar refractivity (Wildman–Crippen MR) is 150 cm³/mol. The normalized spacial score (nSPS) is 15.7. The van der Waals surface area contributed by atoms with E-state index in [-0.39, 0.29) is 17.5 Å². The number of hydrogen-bond acceptors (Lipinski definition) is 10. The third kappa shape index (κ3) is 8.50. The molecule has 4 heterocycles. The van der Waals surface area contributed by atoms with Gasteiger partial charge in [0, 0.05) is 19.2 Å². The van der Waals surface area contributed by atoms with Crippen LogP contribution >= 0.6 is 11.5 Å². The van der Waals surface area contributed by atoms with Crippen molar-refractivity contribution in [2.24, 2.45) is 5.92 Å². The lowest BCUT2D eigenvalue weighted by Crippen LogP contribution is -2.43. The lowest BCUT2D eigenvalue weighted by molar-refractivity contribution is -0.141. The van der Waals surface area contributed by atoms with Crippen molar-refractivity contribution in [2.45, 2.75) is 58.7 Å². The number of likely N-dealkylation sites (tertiary alicyclic amines) is 1. The zero-order chi connectivity index (χ0) is 30.5. The van der Waals surface area contributed by atoms with Crippen LogP contribution in [0.2, 0.25) is 0 Å². The van der Waals surface area contributed by atoms with Crippen LogP contribution in [-0.2, 0) is 10.9 Å². The smallest absolute Gasteiger partial charge is 0.434 e. The molecular formula is C27H32F3N7O4S. The molecule has 3 aromatic rings. The average molecular weight is 608 g/mol. The second-order valence-electron chi connectivity index (χ2n) is 10.8. The number of amides is 2. The van der Waals surface area contributed by atoms with Crippen molar-refractivity contribution in [3.63, 3.8) is 0 Å². The number of carbonyl (C=O) groups excluding carboxylic acids is 2. The molecule has 1 aliphatic rings. The summed E-state index contributed by atoms with van der Waals surface area (Å²) in [6, 6.07) is 3.29. The monoisotopic (exact) mass is 607 g/mol. The molecular weight excluding hydrogens is 575 g/mol. The molecule has 1 aliphatic heterocycles. The number of halogens is 3. The first kappa shape index (κ1) is 30.9. The maximum atomic E-state index is 13.0. The molecule has 1 atom stereocenters. The highest BCUT2D eigenvalue weighted by atomic mass is 32.1. The van der Waals surface area contributed by atoms with E-state index in [0.29, 0.717) is 54.1 Å². The van der Waals surface area contributed by atoms with Gasteiger partial charge in [-0.3, -0.25) is 4.79 Å². The minimum atomic E-state index is -4.60. The molecule has 0 radical (unpaired) electrons. The summed E-state index contributed by atoms with van der Waals surface area (Å²) in [5, 5.41) is 5.85.